The van der Waals surface area contributed by atoms with Crippen LogP contribution in [0, 0.1) is 23.2 Å². The molecule has 6 rings (SSSR count). The number of sulfonamides is 1. The van der Waals surface area contributed by atoms with Crippen molar-refractivity contribution < 1.29 is 18.0 Å². The van der Waals surface area contributed by atoms with Crippen LogP contribution in [-0.2, 0) is 19.6 Å². The molecule has 5 fully saturated rings. The summed E-state index contributed by atoms with van der Waals surface area (Å²) < 4.78 is 26.9. The van der Waals surface area contributed by atoms with Crippen LogP contribution in [0.15, 0.2) is 41.8 Å². The quantitative estimate of drug-likeness (QED) is 0.569. The average molecular weight is 472 g/mol. The molecule has 1 aliphatic heterocycles. The van der Waals surface area contributed by atoms with Gasteiger partial charge in [-0.05, 0) is 98.5 Å². The Hall–Kier alpha value is -2.19. The van der Waals surface area contributed by atoms with Gasteiger partial charge in [-0.2, -0.15) is 4.31 Å². The van der Waals surface area contributed by atoms with Gasteiger partial charge in [-0.25, -0.2) is 8.42 Å². The third kappa shape index (κ3) is 4.60. The van der Waals surface area contributed by atoms with Crippen molar-refractivity contribution in [2.45, 2.75) is 62.3 Å². The molecule has 0 unspecified atom stereocenters. The minimum Gasteiger partial charge on any atom is -0.347 e. The van der Waals surface area contributed by atoms with E-state index in [0.717, 1.165) is 24.2 Å². The number of benzene rings is 1. The van der Waals surface area contributed by atoms with Crippen molar-refractivity contribution in [2.24, 2.45) is 23.2 Å². The minimum atomic E-state index is -3.62. The molecule has 0 radical (unpaired) electrons. The van der Waals surface area contributed by atoms with Crippen molar-refractivity contribution in [1.82, 2.24) is 9.62 Å². The van der Waals surface area contributed by atoms with E-state index in [1.807, 2.05) is 0 Å². The highest BCUT2D eigenvalue weighted by atomic mass is 32.2. The van der Waals surface area contributed by atoms with Gasteiger partial charge in [-0.15, -0.1) is 0 Å². The lowest BCUT2D eigenvalue weighted by Crippen LogP contribution is -2.60. The van der Waals surface area contributed by atoms with Crippen molar-refractivity contribution in [2.75, 3.05) is 18.4 Å². The lowest BCUT2D eigenvalue weighted by Gasteiger charge is -2.57. The van der Waals surface area contributed by atoms with Gasteiger partial charge in [0.25, 0.3) is 0 Å². The third-order valence-electron chi connectivity index (χ3n) is 8.20. The van der Waals surface area contributed by atoms with E-state index < -0.39 is 10.0 Å². The van der Waals surface area contributed by atoms with Crippen molar-refractivity contribution in [1.29, 1.82) is 0 Å². The number of nitrogens with one attached hydrogen (secondary N) is 2. The van der Waals surface area contributed by atoms with Crippen molar-refractivity contribution >= 4 is 27.5 Å². The van der Waals surface area contributed by atoms with Gasteiger partial charge in [0.2, 0.25) is 21.8 Å². The number of rotatable bonds is 8. The fraction of sp³-hybridized carbons (Fsp3) is 0.600. The fourth-order valence-corrected chi connectivity index (χ4v) is 8.57. The van der Waals surface area contributed by atoms with Gasteiger partial charge in [-0.3, -0.25) is 9.59 Å². The molecule has 2 N–H and O–H groups in total. The van der Waals surface area contributed by atoms with Gasteiger partial charge in [-0.1, -0.05) is 6.58 Å². The van der Waals surface area contributed by atoms with E-state index in [2.05, 4.69) is 17.2 Å². The Kier molecular flexibility index (Phi) is 5.85. The SMILES string of the molecule is C=CC(=O)NC1CN(S(=O)(=O)c2ccc(NC(=O)CCC34CC5CC(CC(C5)C3)C4)cc2)C1. The van der Waals surface area contributed by atoms with Crippen LogP contribution in [0.3, 0.4) is 0 Å². The fourth-order valence-electron chi connectivity index (χ4n) is 7.04. The summed E-state index contributed by atoms with van der Waals surface area (Å²) in [6, 6.07) is 6.15. The summed E-state index contributed by atoms with van der Waals surface area (Å²) in [6.45, 7) is 3.88. The minimum absolute atomic E-state index is 0.00453. The van der Waals surface area contributed by atoms with E-state index in [9.17, 15) is 18.0 Å². The van der Waals surface area contributed by atoms with Gasteiger partial charge in [0.05, 0.1) is 10.9 Å². The number of carbonyl (C=O) groups is 2. The van der Waals surface area contributed by atoms with Crippen molar-refractivity contribution in [3.8, 4) is 0 Å². The number of hydrogen-bond donors (Lipinski definition) is 2. The van der Waals surface area contributed by atoms with Gasteiger partial charge < -0.3 is 10.6 Å². The molecule has 0 spiro atoms. The Morgan fingerprint density at radius 3 is 2.15 bits per heavy atom. The van der Waals surface area contributed by atoms with Crippen LogP contribution in [0.1, 0.15) is 51.4 Å². The second kappa shape index (κ2) is 8.55. The Balaban J connectivity index is 1.12. The smallest absolute Gasteiger partial charge is 0.243 e. The maximum atomic E-state index is 12.8. The Morgan fingerprint density at radius 1 is 1.03 bits per heavy atom. The van der Waals surface area contributed by atoms with Crippen molar-refractivity contribution in [3.63, 3.8) is 0 Å². The molecule has 33 heavy (non-hydrogen) atoms. The van der Waals surface area contributed by atoms with Gasteiger partial charge >= 0.3 is 0 Å². The molecule has 4 saturated carbocycles. The Morgan fingerprint density at radius 2 is 1.61 bits per heavy atom. The zero-order valence-corrected chi connectivity index (χ0v) is 19.8. The number of hydrogen-bond acceptors (Lipinski definition) is 4. The standard InChI is InChI=1S/C25H33N3O4S/c1-2-23(29)27-21-15-28(16-21)33(31,32)22-5-3-20(4-6-22)26-24(30)7-8-25-12-17-9-18(13-25)11-19(10-17)14-25/h2-6,17-19,21H,1,7-16H2,(H,26,30)(H,27,29). The van der Waals surface area contributed by atoms with Gasteiger partial charge in [0.1, 0.15) is 0 Å². The molecule has 4 aliphatic carbocycles. The molecule has 1 aromatic carbocycles. The van der Waals surface area contributed by atoms with Crippen LogP contribution in [0.5, 0.6) is 0 Å². The summed E-state index contributed by atoms with van der Waals surface area (Å²) in [7, 11) is -3.62. The molecule has 178 valence electrons. The molecular weight excluding hydrogens is 438 g/mol. The second-order valence-electron chi connectivity index (χ2n) is 10.7. The number of carbonyl (C=O) groups excluding carboxylic acids is 2. The number of anilines is 1. The van der Waals surface area contributed by atoms with Gasteiger partial charge in [0, 0.05) is 25.2 Å². The van der Waals surface area contributed by atoms with Crippen LogP contribution < -0.4 is 10.6 Å². The predicted octanol–water partition coefficient (Wildman–Crippen LogP) is 3.30. The van der Waals surface area contributed by atoms with Crippen LogP contribution in [0.25, 0.3) is 0 Å². The molecule has 4 bridgehead atoms. The van der Waals surface area contributed by atoms with Crippen LogP contribution >= 0.6 is 0 Å². The Labute approximate surface area is 196 Å². The Bertz CT molecular complexity index is 1010. The molecule has 5 aliphatic rings. The highest BCUT2D eigenvalue weighted by Crippen LogP contribution is 2.61. The first kappa shape index (κ1) is 22.6. The van der Waals surface area contributed by atoms with Crippen LogP contribution in [0.2, 0.25) is 0 Å². The van der Waals surface area contributed by atoms with Gasteiger partial charge in [0.15, 0.2) is 0 Å². The second-order valence-corrected chi connectivity index (χ2v) is 12.7. The first-order valence-electron chi connectivity index (χ1n) is 12.1. The maximum absolute atomic E-state index is 12.8. The molecule has 8 heteroatoms. The summed E-state index contributed by atoms with van der Waals surface area (Å²) in [5.74, 6) is 2.35. The largest absolute Gasteiger partial charge is 0.347 e. The van der Waals surface area contributed by atoms with E-state index in [0.29, 0.717) is 17.5 Å². The normalized spacial score (nSPS) is 31.1. The maximum Gasteiger partial charge on any atom is 0.243 e. The number of amides is 2. The summed E-state index contributed by atoms with van der Waals surface area (Å²) in [5, 5.41) is 5.63. The summed E-state index contributed by atoms with van der Waals surface area (Å²) >= 11 is 0. The van der Waals surface area contributed by atoms with E-state index in [-0.39, 0.29) is 35.8 Å². The zero-order chi connectivity index (χ0) is 23.2. The molecule has 0 atom stereocenters. The lowest BCUT2D eigenvalue weighted by atomic mass is 9.48. The highest BCUT2D eigenvalue weighted by Gasteiger charge is 2.50. The lowest BCUT2D eigenvalue weighted by molar-refractivity contribution is -0.119. The zero-order valence-electron chi connectivity index (χ0n) is 19.0. The van der Waals surface area contributed by atoms with E-state index >= 15 is 0 Å². The molecule has 1 saturated heterocycles. The van der Waals surface area contributed by atoms with Crippen LogP contribution in [-0.4, -0.2) is 43.7 Å². The monoisotopic (exact) mass is 471 g/mol. The predicted molar refractivity (Wildman–Crippen MR) is 126 cm³/mol. The molecule has 7 nitrogen and oxygen atoms in total. The van der Waals surface area contributed by atoms with E-state index in [1.165, 1.54) is 61.0 Å². The topological polar surface area (TPSA) is 95.6 Å². The molecule has 1 aromatic rings. The van der Waals surface area contributed by atoms with E-state index in [4.69, 9.17) is 0 Å². The summed E-state index contributed by atoms with van der Waals surface area (Å²) in [5.41, 5.74) is 0.994. The molecular formula is C25H33N3O4S. The molecule has 0 aromatic heterocycles. The first-order valence-corrected chi connectivity index (χ1v) is 13.5. The summed E-state index contributed by atoms with van der Waals surface area (Å²) in [4.78, 5) is 24.1. The number of nitrogens with zero attached hydrogens (tertiary/aromatic N) is 1. The van der Waals surface area contributed by atoms with Crippen LogP contribution in [0.4, 0.5) is 5.69 Å². The molecule has 1 heterocycles. The first-order chi connectivity index (χ1) is 15.7. The molecule has 2 amide bonds. The summed E-state index contributed by atoms with van der Waals surface area (Å²) in [6.07, 6.45) is 10.8. The van der Waals surface area contributed by atoms with Crippen molar-refractivity contribution in [3.05, 3.63) is 36.9 Å². The third-order valence-corrected chi connectivity index (χ3v) is 10.0. The highest BCUT2D eigenvalue weighted by molar-refractivity contribution is 7.89. The van der Waals surface area contributed by atoms with E-state index in [1.54, 1.807) is 12.1 Å². The average Bonchev–Trinajstić information content (AvgIpc) is 2.74.